The van der Waals surface area contributed by atoms with Gasteiger partial charge in [-0.15, -0.1) is 0 Å². The molecule has 2 fully saturated rings. The van der Waals surface area contributed by atoms with Crippen molar-refractivity contribution < 1.29 is 19.4 Å². The van der Waals surface area contributed by atoms with Crippen LogP contribution in [0.25, 0.3) is 0 Å². The average molecular weight is 289 g/mol. The highest BCUT2D eigenvalue weighted by Gasteiger charge is 2.60. The number of aliphatic carboxylic acids is 1. The van der Waals surface area contributed by atoms with E-state index in [0.717, 1.165) is 18.4 Å². The van der Waals surface area contributed by atoms with E-state index in [-0.39, 0.29) is 24.0 Å². The van der Waals surface area contributed by atoms with Gasteiger partial charge < -0.3 is 14.7 Å². The second kappa shape index (κ2) is 5.39. The number of carboxylic acid groups (broad SMARTS) is 1. The minimum atomic E-state index is -0.741. The molecule has 1 aliphatic heterocycles. The van der Waals surface area contributed by atoms with Gasteiger partial charge >= 0.3 is 12.1 Å². The first-order valence-electron chi connectivity index (χ1n) is 7.29. The Morgan fingerprint density at radius 1 is 1.33 bits per heavy atom. The van der Waals surface area contributed by atoms with Crippen LogP contribution in [0.5, 0.6) is 0 Å². The number of amides is 1. The molecule has 0 aromatic heterocycles. The summed E-state index contributed by atoms with van der Waals surface area (Å²) in [4.78, 5) is 24.9. The summed E-state index contributed by atoms with van der Waals surface area (Å²) >= 11 is 0. The fraction of sp³-hybridized carbons (Fsp3) is 0.500. The Morgan fingerprint density at radius 3 is 2.76 bits per heavy atom. The first kappa shape index (κ1) is 13.9. The van der Waals surface area contributed by atoms with Gasteiger partial charge in [0, 0.05) is 18.5 Å². The van der Waals surface area contributed by atoms with Crippen LogP contribution >= 0.6 is 0 Å². The van der Waals surface area contributed by atoms with Crippen LogP contribution in [0.4, 0.5) is 4.79 Å². The maximum atomic E-state index is 12.1. The summed E-state index contributed by atoms with van der Waals surface area (Å²) in [6, 6.07) is 9.54. The molecule has 1 aromatic rings. The zero-order valence-corrected chi connectivity index (χ0v) is 11.8. The monoisotopic (exact) mass is 289 g/mol. The summed E-state index contributed by atoms with van der Waals surface area (Å²) in [5, 5.41) is 9.11. The quantitative estimate of drug-likeness (QED) is 0.928. The number of hydrogen-bond acceptors (Lipinski definition) is 3. The Bertz CT molecular complexity index is 544. The van der Waals surface area contributed by atoms with Gasteiger partial charge in [0.2, 0.25) is 0 Å². The number of carbonyl (C=O) groups is 2. The largest absolute Gasteiger partial charge is 0.481 e. The van der Waals surface area contributed by atoms with Gasteiger partial charge in [-0.2, -0.15) is 0 Å². The lowest BCUT2D eigenvalue weighted by atomic mass is 9.92. The Kier molecular flexibility index (Phi) is 3.57. The number of piperidine rings is 1. The third kappa shape index (κ3) is 2.86. The van der Waals surface area contributed by atoms with Crippen molar-refractivity contribution in [2.75, 3.05) is 13.1 Å². The highest BCUT2D eigenvalue weighted by molar-refractivity contribution is 5.75. The molecule has 5 nitrogen and oxygen atoms in total. The number of carbonyl (C=O) groups excluding carboxylic acids is 1. The van der Waals surface area contributed by atoms with Crippen LogP contribution in [0.3, 0.4) is 0 Å². The van der Waals surface area contributed by atoms with E-state index in [9.17, 15) is 9.59 Å². The topological polar surface area (TPSA) is 66.8 Å². The summed E-state index contributed by atoms with van der Waals surface area (Å²) in [7, 11) is 0. The van der Waals surface area contributed by atoms with E-state index in [1.54, 1.807) is 4.90 Å². The van der Waals surface area contributed by atoms with Crippen LogP contribution in [0.2, 0.25) is 0 Å². The highest BCUT2D eigenvalue weighted by Crippen LogP contribution is 2.57. The Morgan fingerprint density at radius 2 is 2.10 bits per heavy atom. The van der Waals surface area contributed by atoms with E-state index in [1.807, 2.05) is 30.3 Å². The number of likely N-dealkylation sites (tertiary alicyclic amines) is 1. The summed E-state index contributed by atoms with van der Waals surface area (Å²) in [6.07, 6.45) is 2.09. The second-order valence-electron chi connectivity index (χ2n) is 6.02. The van der Waals surface area contributed by atoms with Gasteiger partial charge in [-0.05, 0) is 24.8 Å². The normalized spacial score (nSPS) is 27.4. The van der Waals surface area contributed by atoms with E-state index >= 15 is 0 Å². The third-order valence-electron chi connectivity index (χ3n) is 4.56. The number of ether oxygens (including phenoxy) is 1. The number of carboxylic acids is 1. The van der Waals surface area contributed by atoms with Crippen LogP contribution in [0, 0.1) is 11.3 Å². The van der Waals surface area contributed by atoms with Gasteiger partial charge in [0.25, 0.3) is 0 Å². The smallest absolute Gasteiger partial charge is 0.410 e. The van der Waals surface area contributed by atoms with Crippen LogP contribution in [0.1, 0.15) is 24.8 Å². The van der Waals surface area contributed by atoms with Crippen LogP contribution in [-0.2, 0) is 16.1 Å². The first-order valence-corrected chi connectivity index (χ1v) is 7.29. The minimum Gasteiger partial charge on any atom is -0.481 e. The summed E-state index contributed by atoms with van der Waals surface area (Å²) in [5.74, 6) is -1.03. The maximum Gasteiger partial charge on any atom is 0.410 e. The van der Waals surface area contributed by atoms with E-state index in [0.29, 0.717) is 19.5 Å². The molecule has 1 saturated heterocycles. The fourth-order valence-corrected chi connectivity index (χ4v) is 3.27. The van der Waals surface area contributed by atoms with Gasteiger partial charge in [0.05, 0.1) is 5.92 Å². The van der Waals surface area contributed by atoms with E-state index in [2.05, 4.69) is 0 Å². The molecule has 0 bridgehead atoms. The molecular formula is C16H19NO4. The van der Waals surface area contributed by atoms with E-state index < -0.39 is 5.97 Å². The predicted molar refractivity (Wildman–Crippen MR) is 75.6 cm³/mol. The van der Waals surface area contributed by atoms with Gasteiger partial charge in [0.1, 0.15) is 6.61 Å². The molecule has 3 rings (SSSR count). The zero-order chi connectivity index (χ0) is 14.9. The molecule has 0 unspecified atom stereocenters. The molecule has 0 radical (unpaired) electrons. The second-order valence-corrected chi connectivity index (χ2v) is 6.02. The molecule has 1 spiro atoms. The van der Waals surface area contributed by atoms with Crippen molar-refractivity contribution in [3.63, 3.8) is 0 Å². The number of hydrogen-bond donors (Lipinski definition) is 1. The van der Waals surface area contributed by atoms with Crippen molar-refractivity contribution >= 4 is 12.1 Å². The lowest BCUT2D eigenvalue weighted by Crippen LogP contribution is -2.42. The Hall–Kier alpha value is -2.04. The van der Waals surface area contributed by atoms with Gasteiger partial charge in [-0.25, -0.2) is 4.79 Å². The Balaban J connectivity index is 1.55. The molecule has 112 valence electrons. The number of rotatable bonds is 3. The molecule has 2 atom stereocenters. The third-order valence-corrected chi connectivity index (χ3v) is 4.56. The fourth-order valence-electron chi connectivity index (χ4n) is 3.27. The van der Waals surface area contributed by atoms with Crippen molar-refractivity contribution in [3.05, 3.63) is 35.9 Å². The molecule has 5 heteroatoms. The van der Waals surface area contributed by atoms with Gasteiger partial charge in [-0.1, -0.05) is 30.3 Å². The molecule has 1 heterocycles. The van der Waals surface area contributed by atoms with Crippen molar-refractivity contribution in [2.45, 2.75) is 25.9 Å². The Labute approximate surface area is 123 Å². The standard InChI is InChI=1S/C16H19NO4/c18-14(19)13-9-16(13)7-4-8-17(11-16)15(20)21-10-12-5-2-1-3-6-12/h1-3,5-6,13H,4,7-11H2,(H,18,19)/t13-,16-/m1/s1. The molecule has 1 aliphatic carbocycles. The average Bonchev–Trinajstić information content (AvgIpc) is 3.19. The molecule has 1 aromatic carbocycles. The van der Waals surface area contributed by atoms with Crippen LogP contribution in [-0.4, -0.2) is 35.2 Å². The molecular weight excluding hydrogens is 270 g/mol. The highest BCUT2D eigenvalue weighted by atomic mass is 16.6. The van der Waals surface area contributed by atoms with E-state index in [1.165, 1.54) is 0 Å². The zero-order valence-electron chi connectivity index (χ0n) is 11.8. The number of benzene rings is 1. The summed E-state index contributed by atoms with van der Waals surface area (Å²) < 4.78 is 5.32. The molecule has 1 saturated carbocycles. The van der Waals surface area contributed by atoms with Crippen LogP contribution < -0.4 is 0 Å². The molecule has 2 aliphatic rings. The lowest BCUT2D eigenvalue weighted by Gasteiger charge is -2.32. The lowest BCUT2D eigenvalue weighted by molar-refractivity contribution is -0.139. The summed E-state index contributed by atoms with van der Waals surface area (Å²) in [5.41, 5.74) is 0.753. The molecule has 1 N–H and O–H groups in total. The van der Waals surface area contributed by atoms with Gasteiger partial charge in [-0.3, -0.25) is 4.79 Å². The van der Waals surface area contributed by atoms with Crippen molar-refractivity contribution in [2.24, 2.45) is 11.3 Å². The molecule has 1 amide bonds. The number of nitrogens with zero attached hydrogens (tertiary/aromatic N) is 1. The van der Waals surface area contributed by atoms with Crippen molar-refractivity contribution in [1.29, 1.82) is 0 Å². The van der Waals surface area contributed by atoms with Crippen LogP contribution in [0.15, 0.2) is 30.3 Å². The first-order chi connectivity index (χ1) is 10.1. The van der Waals surface area contributed by atoms with E-state index in [4.69, 9.17) is 9.84 Å². The maximum absolute atomic E-state index is 12.1. The van der Waals surface area contributed by atoms with Crippen molar-refractivity contribution in [1.82, 2.24) is 4.90 Å². The minimum absolute atomic E-state index is 0.199. The van der Waals surface area contributed by atoms with Crippen molar-refractivity contribution in [3.8, 4) is 0 Å². The molecule has 21 heavy (non-hydrogen) atoms. The van der Waals surface area contributed by atoms with Gasteiger partial charge in [0.15, 0.2) is 0 Å². The summed E-state index contributed by atoms with van der Waals surface area (Å²) in [6.45, 7) is 1.42. The predicted octanol–water partition coefficient (Wildman–Crippen LogP) is 2.51. The SMILES string of the molecule is O=C(O)[C@H]1C[C@@]12CCCN(C(=O)OCc1ccccc1)C2.